The summed E-state index contributed by atoms with van der Waals surface area (Å²) in [5.74, 6) is -0.141. The first-order valence-electron chi connectivity index (χ1n) is 8.84. The van der Waals surface area contributed by atoms with Gasteiger partial charge in [-0.3, -0.25) is 15.1 Å². The number of nitrogens with one attached hydrogen (secondary N) is 1. The minimum atomic E-state index is -0.403. The number of hydrogen-bond donors (Lipinski definition) is 1. The molecule has 0 fully saturated rings. The van der Waals surface area contributed by atoms with Crippen LogP contribution in [0.15, 0.2) is 48.4 Å². The molecule has 0 aromatic carbocycles. The number of aromatic nitrogens is 7. The summed E-state index contributed by atoms with van der Waals surface area (Å²) in [6.07, 6.45) is 6.27. The second-order valence-electron chi connectivity index (χ2n) is 7.25. The van der Waals surface area contributed by atoms with Gasteiger partial charge in [-0.1, -0.05) is 26.0 Å². The second kappa shape index (κ2) is 7.47. The van der Waals surface area contributed by atoms with E-state index in [9.17, 15) is 4.79 Å². The predicted octanol–water partition coefficient (Wildman–Crippen LogP) is 3.13. The molecule has 4 rings (SSSR count). The van der Waals surface area contributed by atoms with E-state index < -0.39 is 5.91 Å². The molecule has 0 aliphatic heterocycles. The Balaban J connectivity index is 1.55. The lowest BCUT2D eigenvalue weighted by molar-refractivity contribution is 0.101. The normalized spacial score (nSPS) is 11.4. The van der Waals surface area contributed by atoms with Crippen LogP contribution in [0.1, 0.15) is 36.8 Å². The largest absolute Gasteiger partial charge is 0.296 e. The third-order valence-corrected chi connectivity index (χ3v) is 4.89. The first-order chi connectivity index (χ1) is 13.9. The lowest BCUT2D eigenvalue weighted by Gasteiger charge is -2.18. The Hall–Kier alpha value is -3.53. The SMILES string of the molecule is CC(C)(C)c1ccnc(-c2csc(NC(=O)c3cnnn3-c3ncccn3)n2)c1. The number of anilines is 1. The summed E-state index contributed by atoms with van der Waals surface area (Å²) in [6.45, 7) is 6.44. The van der Waals surface area contributed by atoms with E-state index in [1.54, 1.807) is 24.7 Å². The molecule has 0 saturated carbocycles. The Labute approximate surface area is 170 Å². The van der Waals surface area contributed by atoms with E-state index in [2.05, 4.69) is 56.3 Å². The first kappa shape index (κ1) is 18.8. The van der Waals surface area contributed by atoms with E-state index in [4.69, 9.17) is 0 Å². The first-order valence-corrected chi connectivity index (χ1v) is 9.72. The molecular formula is C19H18N8OS. The maximum Gasteiger partial charge on any atom is 0.277 e. The van der Waals surface area contributed by atoms with Crippen molar-refractivity contribution >= 4 is 22.4 Å². The minimum Gasteiger partial charge on any atom is -0.296 e. The average Bonchev–Trinajstić information content (AvgIpc) is 3.38. The van der Waals surface area contributed by atoms with Crippen LogP contribution in [0.3, 0.4) is 0 Å². The fraction of sp³-hybridized carbons (Fsp3) is 0.211. The smallest absolute Gasteiger partial charge is 0.277 e. The van der Waals surface area contributed by atoms with Crippen LogP contribution in [-0.2, 0) is 5.41 Å². The molecule has 1 amide bonds. The molecule has 29 heavy (non-hydrogen) atoms. The zero-order chi connectivity index (χ0) is 20.4. The number of hydrogen-bond acceptors (Lipinski definition) is 8. The van der Waals surface area contributed by atoms with Gasteiger partial charge in [-0.2, -0.15) is 4.68 Å². The van der Waals surface area contributed by atoms with Gasteiger partial charge in [0.15, 0.2) is 10.8 Å². The number of pyridine rings is 1. The van der Waals surface area contributed by atoms with Crippen molar-refractivity contribution in [2.75, 3.05) is 5.32 Å². The standard InChI is InChI=1S/C19H18N8OS/c1-19(2,3)12-5-8-20-13(9-12)14-11-29-18(24-14)25-16(28)15-10-23-26-27(15)17-21-6-4-7-22-17/h4-11H,1-3H3,(H,24,25,28). The van der Waals surface area contributed by atoms with Crippen molar-refractivity contribution in [2.45, 2.75) is 26.2 Å². The molecule has 0 aliphatic carbocycles. The van der Waals surface area contributed by atoms with E-state index in [0.29, 0.717) is 10.8 Å². The molecule has 1 N–H and O–H groups in total. The summed E-state index contributed by atoms with van der Waals surface area (Å²) in [5.41, 5.74) is 2.85. The van der Waals surface area contributed by atoms with Crippen molar-refractivity contribution in [1.82, 2.24) is 34.9 Å². The van der Waals surface area contributed by atoms with Gasteiger partial charge in [-0.25, -0.2) is 15.0 Å². The second-order valence-corrected chi connectivity index (χ2v) is 8.11. The fourth-order valence-corrected chi connectivity index (χ4v) is 3.28. The van der Waals surface area contributed by atoms with Gasteiger partial charge < -0.3 is 0 Å². The van der Waals surface area contributed by atoms with Crippen LogP contribution in [0.25, 0.3) is 17.3 Å². The number of thiazole rings is 1. The van der Waals surface area contributed by atoms with Gasteiger partial charge in [0.05, 0.1) is 11.9 Å². The third-order valence-electron chi connectivity index (χ3n) is 4.14. The highest BCUT2D eigenvalue weighted by molar-refractivity contribution is 7.14. The van der Waals surface area contributed by atoms with Crippen LogP contribution in [-0.4, -0.2) is 40.8 Å². The maximum absolute atomic E-state index is 12.7. The molecule has 0 radical (unpaired) electrons. The van der Waals surface area contributed by atoms with Gasteiger partial charge in [-0.05, 0) is 29.2 Å². The van der Waals surface area contributed by atoms with Crippen LogP contribution in [0.4, 0.5) is 5.13 Å². The third kappa shape index (κ3) is 4.02. The lowest BCUT2D eigenvalue weighted by Crippen LogP contribution is -2.18. The molecule has 0 aliphatic rings. The van der Waals surface area contributed by atoms with Gasteiger partial charge in [0, 0.05) is 24.0 Å². The van der Waals surface area contributed by atoms with Gasteiger partial charge in [0.2, 0.25) is 0 Å². The van der Waals surface area contributed by atoms with Crippen molar-refractivity contribution in [3.8, 4) is 17.3 Å². The molecule has 4 heterocycles. The molecular weight excluding hydrogens is 388 g/mol. The van der Waals surface area contributed by atoms with Gasteiger partial charge in [0.1, 0.15) is 5.69 Å². The highest BCUT2D eigenvalue weighted by Crippen LogP contribution is 2.28. The van der Waals surface area contributed by atoms with Crippen molar-refractivity contribution in [1.29, 1.82) is 0 Å². The molecule has 0 saturated heterocycles. The van der Waals surface area contributed by atoms with E-state index in [-0.39, 0.29) is 17.1 Å². The molecule has 0 spiro atoms. The van der Waals surface area contributed by atoms with Crippen molar-refractivity contribution < 1.29 is 4.79 Å². The van der Waals surface area contributed by atoms with Crippen molar-refractivity contribution in [2.24, 2.45) is 0 Å². The van der Waals surface area contributed by atoms with E-state index >= 15 is 0 Å². The van der Waals surface area contributed by atoms with E-state index in [0.717, 1.165) is 5.69 Å². The van der Waals surface area contributed by atoms with Crippen LogP contribution in [0.5, 0.6) is 0 Å². The summed E-state index contributed by atoms with van der Waals surface area (Å²) >= 11 is 1.32. The molecule has 9 nitrogen and oxygen atoms in total. The molecule has 0 unspecified atom stereocenters. The number of amides is 1. The highest BCUT2D eigenvalue weighted by atomic mass is 32.1. The van der Waals surface area contributed by atoms with Gasteiger partial charge in [0.25, 0.3) is 11.9 Å². The number of carbonyl (C=O) groups excluding carboxylic acids is 1. The zero-order valence-corrected chi connectivity index (χ0v) is 16.9. The number of carbonyl (C=O) groups is 1. The molecule has 0 bridgehead atoms. The van der Waals surface area contributed by atoms with Crippen LogP contribution >= 0.6 is 11.3 Å². The Kier molecular flexibility index (Phi) is 4.85. The fourth-order valence-electron chi connectivity index (χ4n) is 2.59. The van der Waals surface area contributed by atoms with Crippen molar-refractivity contribution in [3.05, 3.63) is 59.6 Å². The van der Waals surface area contributed by atoms with Crippen LogP contribution < -0.4 is 5.32 Å². The quantitative estimate of drug-likeness (QED) is 0.554. The summed E-state index contributed by atoms with van der Waals surface area (Å²) < 4.78 is 1.28. The summed E-state index contributed by atoms with van der Waals surface area (Å²) in [6, 6.07) is 5.70. The van der Waals surface area contributed by atoms with Crippen LogP contribution in [0, 0.1) is 0 Å². The number of nitrogens with zero attached hydrogens (tertiary/aromatic N) is 7. The maximum atomic E-state index is 12.7. The Bertz CT molecular complexity index is 1150. The van der Waals surface area contributed by atoms with E-state index in [1.807, 2.05) is 17.5 Å². The highest BCUT2D eigenvalue weighted by Gasteiger charge is 2.19. The molecule has 10 heteroatoms. The van der Waals surface area contributed by atoms with Crippen LogP contribution in [0.2, 0.25) is 0 Å². The molecule has 0 atom stereocenters. The molecule has 4 aromatic heterocycles. The number of rotatable bonds is 4. The Morgan fingerprint density at radius 3 is 2.66 bits per heavy atom. The Morgan fingerprint density at radius 2 is 1.90 bits per heavy atom. The summed E-state index contributed by atoms with van der Waals surface area (Å²) in [4.78, 5) is 29.8. The zero-order valence-electron chi connectivity index (χ0n) is 16.1. The van der Waals surface area contributed by atoms with Gasteiger partial charge >= 0.3 is 0 Å². The average molecular weight is 406 g/mol. The summed E-state index contributed by atoms with van der Waals surface area (Å²) in [7, 11) is 0. The topological polar surface area (TPSA) is 111 Å². The van der Waals surface area contributed by atoms with Crippen molar-refractivity contribution in [3.63, 3.8) is 0 Å². The minimum absolute atomic E-state index is 0.00960. The lowest BCUT2D eigenvalue weighted by atomic mass is 9.87. The van der Waals surface area contributed by atoms with E-state index in [1.165, 1.54) is 27.8 Å². The molecule has 146 valence electrons. The van der Waals surface area contributed by atoms with Gasteiger partial charge in [-0.15, -0.1) is 16.4 Å². The monoisotopic (exact) mass is 406 g/mol. The molecule has 4 aromatic rings. The summed E-state index contributed by atoms with van der Waals surface area (Å²) in [5, 5.41) is 12.8. The Morgan fingerprint density at radius 1 is 1.10 bits per heavy atom. The predicted molar refractivity (Wildman–Crippen MR) is 109 cm³/mol.